The number of nitrogens with one attached hydrogen (secondary N) is 2. The lowest BCUT2D eigenvalue weighted by Gasteiger charge is -2.14. The van der Waals surface area contributed by atoms with Gasteiger partial charge in [0.25, 0.3) is 0 Å². The van der Waals surface area contributed by atoms with Gasteiger partial charge in [-0.05, 0) is 44.4 Å². The first-order chi connectivity index (χ1) is 13.3. The zero-order valence-electron chi connectivity index (χ0n) is 16.4. The minimum Gasteiger partial charge on any atom is -0.357 e. The second-order valence-electron chi connectivity index (χ2n) is 6.30. The Hall–Kier alpha value is -1.85. The number of nitrogens with zero attached hydrogens (tertiary/aromatic N) is 3. The zero-order valence-corrected chi connectivity index (χ0v) is 18.7. The van der Waals surface area contributed by atoms with Gasteiger partial charge in [0.05, 0.1) is 12.1 Å². The summed E-state index contributed by atoms with van der Waals surface area (Å²) >= 11 is 0. The summed E-state index contributed by atoms with van der Waals surface area (Å²) in [5, 5.41) is 6.12. The first-order valence-corrected chi connectivity index (χ1v) is 9.16. The molecule has 0 fully saturated rings. The van der Waals surface area contributed by atoms with Crippen LogP contribution < -0.4 is 10.6 Å². The lowest BCUT2D eigenvalue weighted by atomic mass is 10.1. The highest BCUT2D eigenvalue weighted by molar-refractivity contribution is 14.0. The van der Waals surface area contributed by atoms with Gasteiger partial charge in [-0.2, -0.15) is 13.2 Å². The van der Waals surface area contributed by atoms with Crippen molar-refractivity contribution in [3.05, 3.63) is 53.4 Å². The summed E-state index contributed by atoms with van der Waals surface area (Å²) in [6, 6.07) is 2.64. The molecule has 2 N–H and O–H groups in total. The highest BCUT2D eigenvalue weighted by Crippen LogP contribution is 2.32. The molecule has 2 rings (SSSR count). The maximum atomic E-state index is 13.2. The van der Waals surface area contributed by atoms with Crippen molar-refractivity contribution >= 4 is 29.9 Å². The molecule has 29 heavy (non-hydrogen) atoms. The van der Waals surface area contributed by atoms with Crippen LogP contribution in [0, 0.1) is 12.7 Å². The maximum Gasteiger partial charge on any atom is 0.416 e. The van der Waals surface area contributed by atoms with Crippen LogP contribution >= 0.6 is 24.0 Å². The molecular formula is C19H26F4IN5. The van der Waals surface area contributed by atoms with Gasteiger partial charge in [-0.1, -0.05) is 6.07 Å². The minimum absolute atomic E-state index is 0. The number of imidazole rings is 1. The number of hydrogen-bond acceptors (Lipinski definition) is 2. The summed E-state index contributed by atoms with van der Waals surface area (Å²) < 4.78 is 54.5. The van der Waals surface area contributed by atoms with Crippen molar-refractivity contribution in [1.82, 2.24) is 20.2 Å². The Kier molecular flexibility index (Phi) is 10.4. The Balaban J connectivity index is 0.00000420. The lowest BCUT2D eigenvalue weighted by molar-refractivity contribution is -0.138. The van der Waals surface area contributed by atoms with E-state index in [2.05, 4.69) is 25.2 Å². The van der Waals surface area contributed by atoms with Gasteiger partial charge in [-0.15, -0.1) is 24.0 Å². The molecule has 1 aromatic carbocycles. The van der Waals surface area contributed by atoms with E-state index in [1.807, 2.05) is 20.0 Å². The first-order valence-electron chi connectivity index (χ1n) is 9.16. The van der Waals surface area contributed by atoms with E-state index in [1.165, 1.54) is 0 Å². The molecule has 0 aliphatic rings. The number of rotatable bonds is 8. The number of aliphatic imine (C=N–C) groups is 1. The Morgan fingerprint density at radius 2 is 1.97 bits per heavy atom. The van der Waals surface area contributed by atoms with Gasteiger partial charge in [-0.25, -0.2) is 14.4 Å². The third kappa shape index (κ3) is 8.19. The second-order valence-corrected chi connectivity index (χ2v) is 6.30. The molecule has 0 aliphatic heterocycles. The molecule has 1 heterocycles. The van der Waals surface area contributed by atoms with Gasteiger partial charge in [0.2, 0.25) is 0 Å². The number of hydrogen-bond donors (Lipinski definition) is 2. The molecule has 0 spiro atoms. The van der Waals surface area contributed by atoms with Crippen LogP contribution in [0.3, 0.4) is 0 Å². The summed E-state index contributed by atoms with van der Waals surface area (Å²) in [4.78, 5) is 8.37. The van der Waals surface area contributed by atoms with Crippen molar-refractivity contribution in [2.24, 2.45) is 4.99 Å². The van der Waals surface area contributed by atoms with E-state index in [1.54, 1.807) is 6.20 Å². The van der Waals surface area contributed by atoms with Crippen molar-refractivity contribution in [1.29, 1.82) is 0 Å². The van der Waals surface area contributed by atoms with E-state index < -0.39 is 17.6 Å². The van der Waals surface area contributed by atoms with E-state index in [0.29, 0.717) is 25.1 Å². The van der Waals surface area contributed by atoms with Gasteiger partial charge in [0.15, 0.2) is 5.96 Å². The molecule has 0 aliphatic carbocycles. The van der Waals surface area contributed by atoms with E-state index in [-0.39, 0.29) is 36.1 Å². The summed E-state index contributed by atoms with van der Waals surface area (Å²) in [7, 11) is 0. The van der Waals surface area contributed by atoms with E-state index in [0.717, 1.165) is 37.3 Å². The van der Waals surface area contributed by atoms with Crippen molar-refractivity contribution in [2.45, 2.75) is 46.0 Å². The summed E-state index contributed by atoms with van der Waals surface area (Å²) in [5.41, 5.74) is -1.07. The molecule has 0 unspecified atom stereocenters. The van der Waals surface area contributed by atoms with Crippen LogP contribution in [0.2, 0.25) is 0 Å². The predicted octanol–water partition coefficient (Wildman–Crippen LogP) is 4.50. The number of unbranched alkanes of at least 4 members (excludes halogenated alkanes) is 1. The Labute approximate surface area is 185 Å². The number of benzene rings is 1. The SMILES string of the molecule is CCNC(=NCc1ccc(F)cc1C(F)(F)F)NCCCCn1ccnc1C.I. The van der Waals surface area contributed by atoms with Gasteiger partial charge in [-0.3, -0.25) is 0 Å². The van der Waals surface area contributed by atoms with Crippen LogP contribution in [0.25, 0.3) is 0 Å². The average molecular weight is 527 g/mol. The molecule has 0 radical (unpaired) electrons. The zero-order chi connectivity index (χ0) is 20.6. The number of aryl methyl sites for hydroxylation is 2. The lowest BCUT2D eigenvalue weighted by Crippen LogP contribution is -2.37. The molecule has 5 nitrogen and oxygen atoms in total. The van der Waals surface area contributed by atoms with Crippen molar-refractivity contribution in [3.63, 3.8) is 0 Å². The van der Waals surface area contributed by atoms with Crippen LogP contribution in [0.5, 0.6) is 0 Å². The smallest absolute Gasteiger partial charge is 0.357 e. The van der Waals surface area contributed by atoms with Crippen LogP contribution in [0.15, 0.2) is 35.6 Å². The molecule has 0 atom stereocenters. The van der Waals surface area contributed by atoms with Crippen molar-refractivity contribution in [2.75, 3.05) is 13.1 Å². The normalized spacial score (nSPS) is 11.9. The fraction of sp³-hybridized carbons (Fsp3) is 0.474. The fourth-order valence-corrected chi connectivity index (χ4v) is 2.71. The largest absolute Gasteiger partial charge is 0.416 e. The van der Waals surface area contributed by atoms with Crippen molar-refractivity contribution < 1.29 is 17.6 Å². The fourth-order valence-electron chi connectivity index (χ4n) is 2.71. The molecule has 162 valence electrons. The van der Waals surface area contributed by atoms with Crippen LogP contribution in [0.4, 0.5) is 17.6 Å². The van der Waals surface area contributed by atoms with E-state index in [4.69, 9.17) is 0 Å². The van der Waals surface area contributed by atoms with Crippen LogP contribution in [-0.4, -0.2) is 28.6 Å². The molecule has 1 aromatic heterocycles. The number of aromatic nitrogens is 2. The number of halogens is 5. The molecule has 2 aromatic rings. The highest BCUT2D eigenvalue weighted by Gasteiger charge is 2.33. The number of guanidine groups is 1. The second kappa shape index (κ2) is 12.0. The Bertz CT molecular complexity index is 789. The van der Waals surface area contributed by atoms with Gasteiger partial charge in [0, 0.05) is 32.0 Å². The molecule has 0 bridgehead atoms. The summed E-state index contributed by atoms with van der Waals surface area (Å²) in [5.74, 6) is 0.472. The Morgan fingerprint density at radius 1 is 1.21 bits per heavy atom. The number of alkyl halides is 3. The summed E-state index contributed by atoms with van der Waals surface area (Å²) in [6.07, 6.45) is 0.861. The third-order valence-corrected chi connectivity index (χ3v) is 4.17. The molecule has 10 heteroatoms. The standard InChI is InChI=1S/C19H25F4N5.HI/c1-3-24-18(26-8-4-5-10-28-11-9-25-14(28)2)27-13-15-6-7-16(20)12-17(15)19(21,22)23;/h6-7,9,11-12H,3-5,8,10,13H2,1-2H3,(H2,24,26,27);1H. The topological polar surface area (TPSA) is 54.2 Å². The van der Waals surface area contributed by atoms with Gasteiger partial charge >= 0.3 is 6.18 Å². The van der Waals surface area contributed by atoms with Crippen LogP contribution in [0.1, 0.15) is 36.7 Å². The average Bonchev–Trinajstić information content (AvgIpc) is 3.04. The molecule has 0 saturated carbocycles. The third-order valence-electron chi connectivity index (χ3n) is 4.17. The molecule has 0 saturated heterocycles. The van der Waals surface area contributed by atoms with E-state index >= 15 is 0 Å². The molecule has 0 amide bonds. The van der Waals surface area contributed by atoms with Gasteiger partial charge < -0.3 is 15.2 Å². The Morgan fingerprint density at radius 3 is 2.59 bits per heavy atom. The molecular weight excluding hydrogens is 501 g/mol. The van der Waals surface area contributed by atoms with Gasteiger partial charge in [0.1, 0.15) is 11.6 Å². The maximum absolute atomic E-state index is 13.2. The summed E-state index contributed by atoms with van der Waals surface area (Å²) in [6.45, 7) is 5.69. The monoisotopic (exact) mass is 527 g/mol. The highest BCUT2D eigenvalue weighted by atomic mass is 127. The van der Waals surface area contributed by atoms with Crippen molar-refractivity contribution in [3.8, 4) is 0 Å². The minimum atomic E-state index is -4.62. The first kappa shape index (κ1) is 25.2. The quantitative estimate of drug-likeness (QED) is 0.175. The predicted molar refractivity (Wildman–Crippen MR) is 116 cm³/mol. The van der Waals surface area contributed by atoms with E-state index in [9.17, 15) is 17.6 Å². The van der Waals surface area contributed by atoms with Crippen LogP contribution in [-0.2, 0) is 19.3 Å².